The highest BCUT2D eigenvalue weighted by atomic mass is 16.1. The molecule has 0 aliphatic heterocycles. The largest absolute Gasteiger partial charge is 0.349 e. The van der Waals surface area contributed by atoms with E-state index < -0.39 is 0 Å². The van der Waals surface area contributed by atoms with Crippen LogP contribution in [-0.4, -0.2) is 20.4 Å². The average Bonchev–Trinajstić information content (AvgIpc) is 3.07. The second-order valence-electron chi connectivity index (χ2n) is 4.89. The number of carbonyl (C=O) groups is 1. The molecule has 5 heteroatoms. The second kappa shape index (κ2) is 6.67. The van der Waals surface area contributed by atoms with Crippen molar-refractivity contribution in [3.8, 4) is 11.3 Å². The molecule has 2 heterocycles. The number of nitrogens with zero attached hydrogens (tertiary/aromatic N) is 3. The highest BCUT2D eigenvalue weighted by Gasteiger charge is 2.05. The van der Waals surface area contributed by atoms with Gasteiger partial charge in [-0.1, -0.05) is 30.3 Å². The lowest BCUT2D eigenvalue weighted by Gasteiger charge is -2.07. The second-order valence-corrected chi connectivity index (χ2v) is 4.89. The summed E-state index contributed by atoms with van der Waals surface area (Å²) in [6.07, 6.45) is 5.24. The van der Waals surface area contributed by atoms with E-state index in [4.69, 9.17) is 0 Å². The molecule has 0 radical (unpaired) electrons. The lowest BCUT2D eigenvalue weighted by atomic mass is 10.1. The minimum absolute atomic E-state index is 0.0453. The van der Waals surface area contributed by atoms with Crippen molar-refractivity contribution < 1.29 is 4.79 Å². The van der Waals surface area contributed by atoms with Crippen LogP contribution < -0.4 is 5.32 Å². The van der Waals surface area contributed by atoms with Crippen LogP contribution in [0.25, 0.3) is 11.3 Å². The van der Waals surface area contributed by atoms with Gasteiger partial charge in [0, 0.05) is 18.0 Å². The van der Waals surface area contributed by atoms with Gasteiger partial charge in [-0.2, -0.15) is 0 Å². The first-order valence-electron chi connectivity index (χ1n) is 7.05. The molecule has 3 aromatic rings. The summed E-state index contributed by atoms with van der Waals surface area (Å²) >= 11 is 0. The van der Waals surface area contributed by atoms with Gasteiger partial charge < -0.3 is 9.88 Å². The van der Waals surface area contributed by atoms with Gasteiger partial charge in [0.15, 0.2) is 0 Å². The van der Waals surface area contributed by atoms with Crippen molar-refractivity contribution in [2.45, 2.75) is 13.1 Å². The van der Waals surface area contributed by atoms with E-state index >= 15 is 0 Å². The van der Waals surface area contributed by atoms with Gasteiger partial charge in [-0.15, -0.1) is 0 Å². The zero-order chi connectivity index (χ0) is 15.2. The third-order valence-corrected chi connectivity index (χ3v) is 3.25. The molecule has 0 unspecified atom stereocenters. The molecular formula is C17H16N4O. The number of carbonyl (C=O) groups excluding carboxylic acids is 1. The molecule has 5 nitrogen and oxygen atoms in total. The highest BCUT2D eigenvalue weighted by molar-refractivity contribution is 5.75. The molecule has 0 saturated heterocycles. The summed E-state index contributed by atoms with van der Waals surface area (Å²) < 4.78 is 1.82. The standard InChI is InChI=1S/C17H16N4O/c22-17(12-21-8-4-5-9-21)18-11-15-10-16(20-13-19-15)14-6-2-1-3-7-14/h1-10,13H,11-12H2,(H,18,22). The Labute approximate surface area is 128 Å². The predicted molar refractivity (Wildman–Crippen MR) is 83.7 cm³/mol. The first-order chi connectivity index (χ1) is 10.8. The van der Waals surface area contributed by atoms with E-state index in [0.717, 1.165) is 17.0 Å². The van der Waals surface area contributed by atoms with Crippen LogP contribution in [0.3, 0.4) is 0 Å². The highest BCUT2D eigenvalue weighted by Crippen LogP contribution is 2.15. The molecule has 0 saturated carbocycles. The molecule has 0 fully saturated rings. The van der Waals surface area contributed by atoms with Gasteiger partial charge in [-0.05, 0) is 18.2 Å². The molecular weight excluding hydrogens is 276 g/mol. The van der Waals surface area contributed by atoms with Gasteiger partial charge in [0.1, 0.15) is 12.9 Å². The van der Waals surface area contributed by atoms with Gasteiger partial charge in [0.2, 0.25) is 5.91 Å². The van der Waals surface area contributed by atoms with Crippen LogP contribution >= 0.6 is 0 Å². The molecule has 0 bridgehead atoms. The van der Waals surface area contributed by atoms with Gasteiger partial charge in [-0.3, -0.25) is 4.79 Å². The van der Waals surface area contributed by atoms with Gasteiger partial charge in [0.05, 0.1) is 17.9 Å². The Hall–Kier alpha value is -2.95. The van der Waals surface area contributed by atoms with Crippen molar-refractivity contribution >= 4 is 5.91 Å². The number of benzene rings is 1. The number of hydrogen-bond acceptors (Lipinski definition) is 3. The third kappa shape index (κ3) is 3.58. The topological polar surface area (TPSA) is 59.8 Å². The smallest absolute Gasteiger partial charge is 0.240 e. The van der Waals surface area contributed by atoms with E-state index in [-0.39, 0.29) is 5.91 Å². The maximum Gasteiger partial charge on any atom is 0.240 e. The summed E-state index contributed by atoms with van der Waals surface area (Å²) in [6, 6.07) is 15.6. The molecule has 0 atom stereocenters. The van der Waals surface area contributed by atoms with Crippen LogP contribution in [0, 0.1) is 0 Å². The molecule has 110 valence electrons. The van der Waals surface area contributed by atoms with E-state index in [1.807, 2.05) is 65.5 Å². The summed E-state index contributed by atoms with van der Waals surface area (Å²) in [7, 11) is 0. The van der Waals surface area contributed by atoms with Crippen molar-refractivity contribution in [2.24, 2.45) is 0 Å². The zero-order valence-electron chi connectivity index (χ0n) is 12.0. The van der Waals surface area contributed by atoms with Crippen LogP contribution in [0.1, 0.15) is 5.69 Å². The van der Waals surface area contributed by atoms with Crippen LogP contribution in [0.2, 0.25) is 0 Å². The molecule has 3 rings (SSSR count). The van der Waals surface area contributed by atoms with Crippen molar-refractivity contribution in [1.82, 2.24) is 19.9 Å². The fourth-order valence-corrected chi connectivity index (χ4v) is 2.15. The maximum absolute atomic E-state index is 11.9. The predicted octanol–water partition coefficient (Wildman–Crippen LogP) is 2.26. The maximum atomic E-state index is 11.9. The SMILES string of the molecule is O=C(Cn1cccc1)NCc1cc(-c2ccccc2)ncn1. The molecule has 22 heavy (non-hydrogen) atoms. The Bertz CT molecular complexity index is 738. The molecule has 0 aliphatic rings. The average molecular weight is 292 g/mol. The Morgan fingerprint density at radius 3 is 2.59 bits per heavy atom. The Morgan fingerprint density at radius 1 is 1.05 bits per heavy atom. The first kappa shape index (κ1) is 14.0. The number of hydrogen-bond donors (Lipinski definition) is 1. The van der Waals surface area contributed by atoms with Crippen LogP contribution in [0.4, 0.5) is 0 Å². The molecule has 1 amide bonds. The molecule has 1 aromatic carbocycles. The van der Waals surface area contributed by atoms with Crippen LogP contribution in [0.15, 0.2) is 67.3 Å². The number of aromatic nitrogens is 3. The number of amides is 1. The fraction of sp³-hybridized carbons (Fsp3) is 0.118. The van der Waals surface area contributed by atoms with Gasteiger partial charge in [-0.25, -0.2) is 9.97 Å². The Balaban J connectivity index is 1.62. The van der Waals surface area contributed by atoms with E-state index in [1.54, 1.807) is 0 Å². The minimum atomic E-state index is -0.0453. The van der Waals surface area contributed by atoms with Gasteiger partial charge in [0.25, 0.3) is 0 Å². The third-order valence-electron chi connectivity index (χ3n) is 3.25. The van der Waals surface area contributed by atoms with Crippen molar-refractivity contribution in [1.29, 1.82) is 0 Å². The lowest BCUT2D eigenvalue weighted by Crippen LogP contribution is -2.27. The zero-order valence-corrected chi connectivity index (χ0v) is 12.0. The number of nitrogens with one attached hydrogen (secondary N) is 1. The molecule has 0 spiro atoms. The molecule has 2 aromatic heterocycles. The molecule has 0 aliphatic carbocycles. The number of rotatable bonds is 5. The molecule has 1 N–H and O–H groups in total. The van der Waals surface area contributed by atoms with E-state index in [0.29, 0.717) is 13.1 Å². The summed E-state index contributed by atoms with van der Waals surface area (Å²) in [5, 5.41) is 2.87. The van der Waals surface area contributed by atoms with Crippen LogP contribution in [-0.2, 0) is 17.9 Å². The van der Waals surface area contributed by atoms with E-state index in [9.17, 15) is 4.79 Å². The van der Waals surface area contributed by atoms with Gasteiger partial charge >= 0.3 is 0 Å². The van der Waals surface area contributed by atoms with E-state index in [2.05, 4.69) is 15.3 Å². The minimum Gasteiger partial charge on any atom is -0.349 e. The summed E-state index contributed by atoms with van der Waals surface area (Å²) in [6.45, 7) is 0.700. The first-order valence-corrected chi connectivity index (χ1v) is 7.05. The van der Waals surface area contributed by atoms with E-state index in [1.165, 1.54) is 6.33 Å². The van der Waals surface area contributed by atoms with Crippen molar-refractivity contribution in [3.63, 3.8) is 0 Å². The fourth-order valence-electron chi connectivity index (χ4n) is 2.15. The lowest BCUT2D eigenvalue weighted by molar-refractivity contribution is -0.121. The van der Waals surface area contributed by atoms with Crippen molar-refractivity contribution in [3.05, 3.63) is 72.9 Å². The summed E-state index contributed by atoms with van der Waals surface area (Å²) in [5.41, 5.74) is 2.67. The Kier molecular flexibility index (Phi) is 4.25. The van der Waals surface area contributed by atoms with Crippen molar-refractivity contribution in [2.75, 3.05) is 0 Å². The quantitative estimate of drug-likeness (QED) is 0.784. The summed E-state index contributed by atoms with van der Waals surface area (Å²) in [5.74, 6) is -0.0453. The Morgan fingerprint density at radius 2 is 1.82 bits per heavy atom. The van der Waals surface area contributed by atoms with Crippen LogP contribution in [0.5, 0.6) is 0 Å². The monoisotopic (exact) mass is 292 g/mol. The summed E-state index contributed by atoms with van der Waals surface area (Å²) in [4.78, 5) is 20.3. The normalized spacial score (nSPS) is 10.4.